The van der Waals surface area contributed by atoms with Crippen LogP contribution in [0.15, 0.2) is 12.4 Å². The van der Waals surface area contributed by atoms with E-state index in [0.29, 0.717) is 12.4 Å². The van der Waals surface area contributed by atoms with Crippen LogP contribution in [-0.2, 0) is 4.74 Å². The van der Waals surface area contributed by atoms with Crippen LogP contribution < -0.4 is 4.90 Å². The maximum absolute atomic E-state index is 12.9. The number of aliphatic hydroxyl groups is 1. The van der Waals surface area contributed by atoms with E-state index in [1.54, 1.807) is 0 Å². The first-order valence-electron chi connectivity index (χ1n) is 5.74. The third-order valence-electron chi connectivity index (χ3n) is 2.83. The third kappa shape index (κ3) is 3.34. The Labute approximate surface area is 99.3 Å². The number of aromatic nitrogens is 2. The molecule has 0 bridgehead atoms. The molecule has 1 N–H and O–H groups in total. The lowest BCUT2D eigenvalue weighted by Gasteiger charge is -2.32. The van der Waals surface area contributed by atoms with Crippen molar-refractivity contribution in [2.24, 2.45) is 0 Å². The predicted octanol–water partition coefficient (Wildman–Crippen LogP) is 0.593. The molecule has 1 aliphatic rings. The van der Waals surface area contributed by atoms with Gasteiger partial charge in [-0.1, -0.05) is 0 Å². The molecule has 0 radical (unpaired) electrons. The van der Waals surface area contributed by atoms with Crippen molar-refractivity contribution < 1.29 is 14.2 Å². The van der Waals surface area contributed by atoms with Crippen LogP contribution in [0.5, 0.6) is 0 Å². The van der Waals surface area contributed by atoms with Gasteiger partial charge in [-0.25, -0.2) is 9.97 Å². The van der Waals surface area contributed by atoms with Crippen LogP contribution in [0.3, 0.4) is 0 Å². The topological polar surface area (TPSA) is 58.5 Å². The molecule has 1 aromatic rings. The molecule has 2 rings (SSSR count). The zero-order valence-corrected chi connectivity index (χ0v) is 9.55. The van der Waals surface area contributed by atoms with E-state index in [-0.39, 0.29) is 12.7 Å². The molecule has 2 heterocycles. The summed E-state index contributed by atoms with van der Waals surface area (Å²) < 4.78 is 18.4. The number of ether oxygens (including phenoxy) is 1. The van der Waals surface area contributed by atoms with Crippen LogP contribution in [-0.4, -0.2) is 47.5 Å². The summed E-state index contributed by atoms with van der Waals surface area (Å²) in [7, 11) is 0. The largest absolute Gasteiger partial charge is 0.394 e. The van der Waals surface area contributed by atoms with E-state index in [2.05, 4.69) is 9.97 Å². The Hall–Kier alpha value is -1.27. The van der Waals surface area contributed by atoms with Crippen molar-refractivity contribution in [2.45, 2.75) is 18.9 Å². The monoisotopic (exact) mass is 241 g/mol. The predicted molar refractivity (Wildman–Crippen MR) is 60.3 cm³/mol. The molecule has 17 heavy (non-hydrogen) atoms. The SMILES string of the molecule is OCCOC1CCN(c2cc(F)ncn2)CC1. The molecular formula is C11H16FN3O2. The van der Waals surface area contributed by atoms with E-state index in [1.807, 2.05) is 4.90 Å². The number of piperidine rings is 1. The molecular weight excluding hydrogens is 225 g/mol. The molecule has 1 aromatic heterocycles. The second-order valence-electron chi connectivity index (χ2n) is 3.98. The smallest absolute Gasteiger partial charge is 0.218 e. The number of halogens is 1. The zero-order valence-electron chi connectivity index (χ0n) is 9.55. The van der Waals surface area contributed by atoms with Crippen molar-refractivity contribution >= 4 is 5.82 Å². The minimum atomic E-state index is -0.506. The molecule has 0 amide bonds. The lowest BCUT2D eigenvalue weighted by molar-refractivity contribution is 0.0158. The number of hydrogen-bond acceptors (Lipinski definition) is 5. The summed E-state index contributed by atoms with van der Waals surface area (Å²) in [5.74, 6) is 0.117. The summed E-state index contributed by atoms with van der Waals surface area (Å²) in [5, 5.41) is 8.66. The Kier molecular flexibility index (Phi) is 4.22. The van der Waals surface area contributed by atoms with Crippen LogP contribution in [0.4, 0.5) is 10.2 Å². The van der Waals surface area contributed by atoms with Gasteiger partial charge >= 0.3 is 0 Å². The summed E-state index contributed by atoms with van der Waals surface area (Å²) in [6.45, 7) is 2.00. The third-order valence-corrected chi connectivity index (χ3v) is 2.83. The van der Waals surface area contributed by atoms with Gasteiger partial charge in [-0.05, 0) is 12.8 Å². The van der Waals surface area contributed by atoms with Gasteiger partial charge in [0.05, 0.1) is 19.3 Å². The van der Waals surface area contributed by atoms with E-state index in [0.717, 1.165) is 25.9 Å². The number of anilines is 1. The number of aliphatic hydroxyl groups excluding tert-OH is 1. The van der Waals surface area contributed by atoms with E-state index in [4.69, 9.17) is 9.84 Å². The van der Waals surface area contributed by atoms with Gasteiger partial charge in [0.2, 0.25) is 5.95 Å². The van der Waals surface area contributed by atoms with Gasteiger partial charge in [0.15, 0.2) is 0 Å². The Bertz CT molecular complexity index is 356. The lowest BCUT2D eigenvalue weighted by atomic mass is 10.1. The van der Waals surface area contributed by atoms with Crippen LogP contribution in [0.2, 0.25) is 0 Å². The first-order valence-corrected chi connectivity index (χ1v) is 5.74. The molecule has 0 spiro atoms. The molecule has 5 nitrogen and oxygen atoms in total. The summed E-state index contributed by atoms with van der Waals surface area (Å²) >= 11 is 0. The molecule has 1 aliphatic heterocycles. The van der Waals surface area contributed by atoms with E-state index in [1.165, 1.54) is 12.4 Å². The van der Waals surface area contributed by atoms with Crippen molar-refractivity contribution in [3.63, 3.8) is 0 Å². The molecule has 6 heteroatoms. The summed E-state index contributed by atoms with van der Waals surface area (Å²) in [6.07, 6.45) is 3.15. The molecule has 1 saturated heterocycles. The van der Waals surface area contributed by atoms with Crippen molar-refractivity contribution in [1.29, 1.82) is 0 Å². The maximum atomic E-state index is 12.9. The highest BCUT2D eigenvalue weighted by molar-refractivity contribution is 5.37. The highest BCUT2D eigenvalue weighted by Crippen LogP contribution is 2.19. The van der Waals surface area contributed by atoms with Crippen LogP contribution in [0, 0.1) is 5.95 Å². The maximum Gasteiger partial charge on any atom is 0.218 e. The van der Waals surface area contributed by atoms with Gasteiger partial charge in [0.1, 0.15) is 12.1 Å². The van der Waals surface area contributed by atoms with E-state index >= 15 is 0 Å². The van der Waals surface area contributed by atoms with Gasteiger partial charge in [-0.15, -0.1) is 0 Å². The Morgan fingerprint density at radius 1 is 1.41 bits per heavy atom. The van der Waals surface area contributed by atoms with Gasteiger partial charge in [-0.2, -0.15) is 4.39 Å². The number of rotatable bonds is 4. The van der Waals surface area contributed by atoms with Crippen LogP contribution in [0.1, 0.15) is 12.8 Å². The molecule has 0 atom stereocenters. The number of hydrogen-bond donors (Lipinski definition) is 1. The van der Waals surface area contributed by atoms with Crippen molar-refractivity contribution in [3.8, 4) is 0 Å². The number of nitrogens with zero attached hydrogens (tertiary/aromatic N) is 3. The zero-order chi connectivity index (χ0) is 12.1. The molecule has 0 aliphatic carbocycles. The van der Waals surface area contributed by atoms with E-state index in [9.17, 15) is 4.39 Å². The van der Waals surface area contributed by atoms with E-state index < -0.39 is 5.95 Å². The van der Waals surface area contributed by atoms with Crippen molar-refractivity contribution in [2.75, 3.05) is 31.2 Å². The summed E-state index contributed by atoms with van der Waals surface area (Å²) in [5.41, 5.74) is 0. The summed E-state index contributed by atoms with van der Waals surface area (Å²) in [6, 6.07) is 1.34. The fraction of sp³-hybridized carbons (Fsp3) is 0.636. The van der Waals surface area contributed by atoms with Crippen LogP contribution >= 0.6 is 0 Å². The van der Waals surface area contributed by atoms with Gasteiger partial charge in [0.25, 0.3) is 0 Å². The average molecular weight is 241 g/mol. The fourth-order valence-corrected chi connectivity index (χ4v) is 1.97. The Balaban J connectivity index is 1.86. The second-order valence-corrected chi connectivity index (χ2v) is 3.98. The average Bonchev–Trinajstić information content (AvgIpc) is 2.37. The molecule has 0 aromatic carbocycles. The molecule has 94 valence electrons. The molecule has 0 unspecified atom stereocenters. The normalized spacial score (nSPS) is 17.4. The Morgan fingerprint density at radius 3 is 2.82 bits per heavy atom. The lowest BCUT2D eigenvalue weighted by Crippen LogP contribution is -2.37. The highest BCUT2D eigenvalue weighted by atomic mass is 19.1. The quantitative estimate of drug-likeness (QED) is 0.782. The van der Waals surface area contributed by atoms with Gasteiger partial charge in [0, 0.05) is 19.2 Å². The fourth-order valence-electron chi connectivity index (χ4n) is 1.97. The summed E-state index contributed by atoms with van der Waals surface area (Å²) in [4.78, 5) is 9.50. The minimum absolute atomic E-state index is 0.0529. The second kappa shape index (κ2) is 5.88. The standard InChI is InChI=1S/C11H16FN3O2/c12-10-7-11(14-8-13-10)15-3-1-9(2-4-15)17-6-5-16/h7-9,16H,1-6H2. The first kappa shape index (κ1) is 12.2. The van der Waals surface area contributed by atoms with Gasteiger partial charge < -0.3 is 14.7 Å². The van der Waals surface area contributed by atoms with Crippen molar-refractivity contribution in [1.82, 2.24) is 9.97 Å². The van der Waals surface area contributed by atoms with Gasteiger partial charge in [-0.3, -0.25) is 0 Å². The van der Waals surface area contributed by atoms with Crippen molar-refractivity contribution in [3.05, 3.63) is 18.3 Å². The Morgan fingerprint density at radius 2 is 2.18 bits per heavy atom. The highest BCUT2D eigenvalue weighted by Gasteiger charge is 2.20. The molecule has 0 saturated carbocycles. The first-order chi connectivity index (χ1) is 8.29. The van der Waals surface area contributed by atoms with Crippen LogP contribution in [0.25, 0.3) is 0 Å². The minimum Gasteiger partial charge on any atom is -0.394 e. The molecule has 1 fully saturated rings.